The Bertz CT molecular complexity index is 485. The van der Waals surface area contributed by atoms with Crippen LogP contribution in [0.5, 0.6) is 0 Å². The van der Waals surface area contributed by atoms with Crippen LogP contribution in [0, 0.1) is 6.92 Å². The molecule has 3 heteroatoms. The first kappa shape index (κ1) is 8.81. The monoisotopic (exact) mass is 188 g/mol. The summed E-state index contributed by atoms with van der Waals surface area (Å²) in [4.78, 5) is 13.8. The fraction of sp³-hybridized carbons (Fsp3) is 0.0909. The summed E-state index contributed by atoms with van der Waals surface area (Å²) in [6.07, 6.45) is 0.478. The van der Waals surface area contributed by atoms with Crippen LogP contribution in [0.25, 0.3) is 10.9 Å². The number of carboxylic acids is 1. The van der Waals surface area contributed by atoms with Crippen molar-refractivity contribution in [3.8, 4) is 0 Å². The lowest BCUT2D eigenvalue weighted by atomic mass is 10.1. The normalized spacial score (nSPS) is 10.6. The van der Waals surface area contributed by atoms with E-state index < -0.39 is 5.97 Å². The highest BCUT2D eigenvalue weighted by Crippen LogP contribution is 2.22. The van der Waals surface area contributed by atoms with Crippen molar-refractivity contribution in [2.75, 3.05) is 0 Å². The van der Waals surface area contributed by atoms with E-state index in [0.29, 0.717) is 6.42 Å². The lowest BCUT2D eigenvalue weighted by molar-refractivity contribution is 0.0690. The summed E-state index contributed by atoms with van der Waals surface area (Å²) in [5.41, 5.74) is 1.87. The molecule has 0 saturated carbocycles. The summed E-state index contributed by atoms with van der Waals surface area (Å²) >= 11 is 0. The summed E-state index contributed by atoms with van der Waals surface area (Å²) in [6.45, 7) is 3.74. The van der Waals surface area contributed by atoms with E-state index >= 15 is 0 Å². The van der Waals surface area contributed by atoms with Gasteiger partial charge in [0.2, 0.25) is 0 Å². The number of aromatic nitrogens is 1. The molecule has 14 heavy (non-hydrogen) atoms. The van der Waals surface area contributed by atoms with Crippen molar-refractivity contribution >= 4 is 16.9 Å². The molecule has 3 nitrogen and oxygen atoms in total. The van der Waals surface area contributed by atoms with E-state index in [9.17, 15) is 4.79 Å². The Morgan fingerprint density at radius 2 is 2.14 bits per heavy atom. The number of carbonyl (C=O) groups is 1. The number of aromatic carboxylic acids is 1. The molecule has 0 aliphatic rings. The Morgan fingerprint density at radius 1 is 1.43 bits per heavy atom. The third kappa shape index (κ3) is 1.18. The van der Waals surface area contributed by atoms with Gasteiger partial charge in [0.05, 0.1) is 0 Å². The Labute approximate surface area is 81.4 Å². The lowest BCUT2D eigenvalue weighted by Crippen LogP contribution is -2.00. The minimum atomic E-state index is -0.931. The zero-order chi connectivity index (χ0) is 10.1. The van der Waals surface area contributed by atoms with Crippen molar-refractivity contribution in [2.24, 2.45) is 0 Å². The van der Waals surface area contributed by atoms with E-state index in [1.165, 1.54) is 0 Å². The van der Waals surface area contributed by atoms with Crippen molar-refractivity contribution in [2.45, 2.75) is 6.42 Å². The number of nitrogens with one attached hydrogen (secondary N) is 1. The maximum absolute atomic E-state index is 10.9. The van der Waals surface area contributed by atoms with Gasteiger partial charge < -0.3 is 10.1 Å². The Kier molecular flexibility index (Phi) is 2.00. The first-order valence-corrected chi connectivity index (χ1v) is 4.36. The van der Waals surface area contributed by atoms with Crippen LogP contribution >= 0.6 is 0 Å². The summed E-state index contributed by atoms with van der Waals surface area (Å²) in [6, 6.07) is 7.53. The molecular weight excluding hydrogens is 178 g/mol. The number of para-hydroxylation sites is 1. The lowest BCUT2D eigenvalue weighted by Gasteiger charge is -1.94. The Hall–Kier alpha value is -1.77. The zero-order valence-electron chi connectivity index (χ0n) is 7.58. The molecular formula is C11H10NO2. The predicted octanol–water partition coefficient (Wildman–Crippen LogP) is 2.24. The number of hydrogen-bond donors (Lipinski definition) is 2. The van der Waals surface area contributed by atoms with Crippen molar-refractivity contribution in [3.63, 3.8) is 0 Å². The van der Waals surface area contributed by atoms with Crippen LogP contribution < -0.4 is 0 Å². The molecule has 0 bridgehead atoms. The molecule has 1 heterocycles. The van der Waals surface area contributed by atoms with Gasteiger partial charge in [-0.15, -0.1) is 0 Å². The van der Waals surface area contributed by atoms with Gasteiger partial charge in [0.1, 0.15) is 5.69 Å². The highest BCUT2D eigenvalue weighted by atomic mass is 16.4. The second-order valence-electron chi connectivity index (χ2n) is 3.08. The number of fused-ring (bicyclic) bond motifs is 1. The smallest absolute Gasteiger partial charge is 0.352 e. The topological polar surface area (TPSA) is 53.1 Å². The van der Waals surface area contributed by atoms with Crippen molar-refractivity contribution in [1.29, 1.82) is 0 Å². The second kappa shape index (κ2) is 3.18. The minimum absolute atomic E-state index is 0.251. The third-order valence-electron chi connectivity index (χ3n) is 2.28. The average Bonchev–Trinajstić information content (AvgIpc) is 2.56. The average molecular weight is 188 g/mol. The molecule has 0 spiro atoms. The van der Waals surface area contributed by atoms with Gasteiger partial charge in [0.25, 0.3) is 0 Å². The first-order chi connectivity index (χ1) is 6.74. The molecule has 2 rings (SSSR count). The van der Waals surface area contributed by atoms with Gasteiger partial charge in [-0.3, -0.25) is 0 Å². The number of benzene rings is 1. The van der Waals surface area contributed by atoms with E-state index in [0.717, 1.165) is 16.5 Å². The van der Waals surface area contributed by atoms with Crippen LogP contribution in [0.1, 0.15) is 16.1 Å². The van der Waals surface area contributed by atoms with Crippen molar-refractivity contribution in [3.05, 3.63) is 42.4 Å². The molecule has 0 unspecified atom stereocenters. The first-order valence-electron chi connectivity index (χ1n) is 4.36. The molecule has 0 fully saturated rings. The van der Waals surface area contributed by atoms with Gasteiger partial charge in [-0.25, -0.2) is 4.79 Å². The highest BCUT2D eigenvalue weighted by Gasteiger charge is 2.14. The molecule has 71 valence electrons. The molecule has 2 N–H and O–H groups in total. The van der Waals surface area contributed by atoms with Gasteiger partial charge in [-0.2, -0.15) is 0 Å². The van der Waals surface area contributed by atoms with Gasteiger partial charge >= 0.3 is 5.97 Å². The van der Waals surface area contributed by atoms with E-state index in [4.69, 9.17) is 5.11 Å². The summed E-state index contributed by atoms with van der Waals surface area (Å²) < 4.78 is 0. The molecule has 1 radical (unpaired) electrons. The SMILES string of the molecule is [CH2]Cc1c(C(=O)O)[nH]c2ccccc12. The van der Waals surface area contributed by atoms with Crippen LogP contribution in [-0.2, 0) is 6.42 Å². The Morgan fingerprint density at radius 3 is 2.79 bits per heavy atom. The van der Waals surface area contributed by atoms with E-state index in [1.807, 2.05) is 24.3 Å². The zero-order valence-corrected chi connectivity index (χ0v) is 7.58. The fourth-order valence-corrected chi connectivity index (χ4v) is 1.64. The third-order valence-corrected chi connectivity index (χ3v) is 2.28. The molecule has 0 aliphatic heterocycles. The summed E-state index contributed by atoms with van der Waals surface area (Å²) in [5.74, 6) is -0.931. The maximum atomic E-state index is 10.9. The summed E-state index contributed by atoms with van der Waals surface area (Å²) in [5, 5.41) is 9.88. The van der Waals surface area contributed by atoms with E-state index in [-0.39, 0.29) is 5.69 Å². The van der Waals surface area contributed by atoms with Crippen molar-refractivity contribution in [1.82, 2.24) is 4.98 Å². The fourth-order valence-electron chi connectivity index (χ4n) is 1.64. The van der Waals surface area contributed by atoms with Crippen molar-refractivity contribution < 1.29 is 9.90 Å². The van der Waals surface area contributed by atoms with Crippen LogP contribution in [0.3, 0.4) is 0 Å². The standard InChI is InChI=1S/C11H10NO2/c1-2-7-8-5-3-4-6-9(8)12-10(7)11(13)14/h3-6,12H,1-2H2,(H,13,14). The predicted molar refractivity (Wildman–Crippen MR) is 54.3 cm³/mol. The van der Waals surface area contributed by atoms with Gasteiger partial charge in [0.15, 0.2) is 0 Å². The number of carboxylic acid groups (broad SMARTS) is 1. The molecule has 0 saturated heterocycles. The quantitative estimate of drug-likeness (QED) is 0.759. The van der Waals surface area contributed by atoms with Gasteiger partial charge in [-0.05, 0) is 25.0 Å². The molecule has 1 aromatic heterocycles. The number of rotatable bonds is 2. The minimum Gasteiger partial charge on any atom is -0.477 e. The van der Waals surface area contributed by atoms with E-state index in [1.54, 1.807) is 0 Å². The molecule has 0 amide bonds. The van der Waals surface area contributed by atoms with Crippen LogP contribution in [0.15, 0.2) is 24.3 Å². The van der Waals surface area contributed by atoms with E-state index in [2.05, 4.69) is 11.9 Å². The van der Waals surface area contributed by atoms with Crippen LogP contribution in [0.2, 0.25) is 0 Å². The Balaban J connectivity index is 2.78. The van der Waals surface area contributed by atoms with Crippen LogP contribution in [0.4, 0.5) is 0 Å². The van der Waals surface area contributed by atoms with Gasteiger partial charge in [-0.1, -0.05) is 18.2 Å². The summed E-state index contributed by atoms with van der Waals surface area (Å²) in [7, 11) is 0. The maximum Gasteiger partial charge on any atom is 0.352 e. The highest BCUT2D eigenvalue weighted by molar-refractivity contribution is 5.97. The van der Waals surface area contributed by atoms with Gasteiger partial charge in [0, 0.05) is 10.9 Å². The molecule has 2 aromatic rings. The number of aromatic amines is 1. The molecule has 0 aliphatic carbocycles. The van der Waals surface area contributed by atoms with Crippen LogP contribution in [-0.4, -0.2) is 16.1 Å². The number of H-pyrrole nitrogens is 1. The number of hydrogen-bond acceptors (Lipinski definition) is 1. The molecule has 0 atom stereocenters. The second-order valence-corrected chi connectivity index (χ2v) is 3.08. The molecule has 1 aromatic carbocycles. The largest absolute Gasteiger partial charge is 0.477 e.